The number of nitrogens with one attached hydrogen (secondary N) is 1. The first-order valence-corrected chi connectivity index (χ1v) is 10.2. The molecule has 2 rings (SSSR count). The van der Waals surface area contributed by atoms with Crippen molar-refractivity contribution in [1.82, 2.24) is 4.72 Å². The van der Waals surface area contributed by atoms with E-state index < -0.39 is 16.0 Å². The van der Waals surface area contributed by atoms with Crippen molar-refractivity contribution in [3.05, 3.63) is 15.8 Å². The highest BCUT2D eigenvalue weighted by Crippen LogP contribution is 2.30. The van der Waals surface area contributed by atoms with Crippen LogP contribution in [-0.2, 0) is 14.8 Å². The lowest BCUT2D eigenvalue weighted by Gasteiger charge is -2.29. The molecule has 0 radical (unpaired) electrons. The molecule has 0 bridgehead atoms. The summed E-state index contributed by atoms with van der Waals surface area (Å²) in [4.78, 5) is 11.9. The number of carbonyl (C=O) groups is 1. The molecule has 24 heavy (non-hydrogen) atoms. The number of ether oxygens (including phenoxy) is 1. The zero-order valence-corrected chi connectivity index (χ0v) is 16.4. The third kappa shape index (κ3) is 4.70. The first kappa shape index (κ1) is 21.4. The molecule has 1 unspecified atom stereocenters. The van der Waals surface area contributed by atoms with Crippen LogP contribution >= 0.6 is 23.7 Å². The first-order valence-electron chi connectivity index (χ1n) is 7.79. The summed E-state index contributed by atoms with van der Waals surface area (Å²) in [6.07, 6.45) is 5.37. The number of carbonyl (C=O) groups excluding carboxylic acids is 1. The minimum atomic E-state index is -3.81. The van der Waals surface area contributed by atoms with E-state index in [-0.39, 0.29) is 40.7 Å². The summed E-state index contributed by atoms with van der Waals surface area (Å²) in [7, 11) is -2.57. The van der Waals surface area contributed by atoms with E-state index in [1.165, 1.54) is 13.5 Å². The van der Waals surface area contributed by atoms with Crippen molar-refractivity contribution in [2.45, 2.75) is 50.0 Å². The predicted molar refractivity (Wildman–Crippen MR) is 97.4 cm³/mol. The number of halogens is 1. The maximum atomic E-state index is 12.8. The van der Waals surface area contributed by atoms with E-state index in [1.54, 1.807) is 12.3 Å². The van der Waals surface area contributed by atoms with Crippen LogP contribution in [0.25, 0.3) is 0 Å². The molecular weight excluding hydrogens is 372 g/mol. The Morgan fingerprint density at radius 2 is 2.04 bits per heavy atom. The summed E-state index contributed by atoms with van der Waals surface area (Å²) < 4.78 is 33.0. The van der Waals surface area contributed by atoms with Gasteiger partial charge in [0.2, 0.25) is 10.0 Å². The molecule has 1 aliphatic rings. The van der Waals surface area contributed by atoms with Crippen LogP contribution in [0.4, 0.5) is 0 Å². The third-order valence-corrected chi connectivity index (χ3v) is 7.22. The Morgan fingerprint density at radius 3 is 2.58 bits per heavy atom. The standard InChI is InChI=1S/C15H24N2O4S2.ClH/c1-10-9-22-13(15(18)21-2)14(10)23(19,20)17-12(8-16)11-6-4-3-5-7-11;/h9,11-12,17H,3-8,16H2,1-2H3;1H. The fraction of sp³-hybridized carbons (Fsp3) is 0.667. The van der Waals surface area contributed by atoms with Crippen LogP contribution in [0.5, 0.6) is 0 Å². The second-order valence-electron chi connectivity index (χ2n) is 5.93. The van der Waals surface area contributed by atoms with Crippen molar-refractivity contribution in [2.24, 2.45) is 11.7 Å². The van der Waals surface area contributed by atoms with Gasteiger partial charge in [-0.25, -0.2) is 17.9 Å². The number of rotatable bonds is 6. The molecule has 3 N–H and O–H groups in total. The van der Waals surface area contributed by atoms with E-state index in [2.05, 4.69) is 9.46 Å². The number of hydrogen-bond donors (Lipinski definition) is 2. The monoisotopic (exact) mass is 396 g/mol. The number of nitrogens with two attached hydrogens (primary N) is 1. The zero-order valence-electron chi connectivity index (χ0n) is 13.9. The van der Waals surface area contributed by atoms with Crippen molar-refractivity contribution in [1.29, 1.82) is 0 Å². The number of hydrogen-bond acceptors (Lipinski definition) is 6. The van der Waals surface area contributed by atoms with E-state index in [0.717, 1.165) is 37.0 Å². The van der Waals surface area contributed by atoms with Crippen molar-refractivity contribution in [3.63, 3.8) is 0 Å². The Balaban J connectivity index is 0.00000288. The lowest BCUT2D eigenvalue weighted by molar-refractivity contribution is 0.0602. The number of aryl methyl sites for hydroxylation is 1. The van der Waals surface area contributed by atoms with Crippen LogP contribution < -0.4 is 10.5 Å². The van der Waals surface area contributed by atoms with E-state index in [0.29, 0.717) is 5.56 Å². The van der Waals surface area contributed by atoms with Crippen LogP contribution in [-0.4, -0.2) is 34.1 Å². The molecular formula is C15H25ClN2O4S2. The maximum absolute atomic E-state index is 12.8. The molecule has 1 aromatic rings. The van der Waals surface area contributed by atoms with Gasteiger partial charge in [-0.15, -0.1) is 23.7 Å². The Kier molecular flexibility index (Phi) is 8.14. The van der Waals surface area contributed by atoms with Gasteiger partial charge in [0, 0.05) is 12.6 Å². The summed E-state index contributed by atoms with van der Waals surface area (Å²) in [6, 6.07) is -0.301. The largest absolute Gasteiger partial charge is 0.465 e. The van der Waals surface area contributed by atoms with Crippen LogP contribution in [0.15, 0.2) is 10.3 Å². The average Bonchev–Trinajstić information content (AvgIpc) is 2.95. The topological polar surface area (TPSA) is 98.5 Å². The Hall–Kier alpha value is -0.670. The number of esters is 1. The fourth-order valence-electron chi connectivity index (χ4n) is 3.13. The molecule has 9 heteroatoms. The Labute approximate surface area is 153 Å². The van der Waals surface area contributed by atoms with Gasteiger partial charge < -0.3 is 10.5 Å². The molecule has 0 aliphatic heterocycles. The minimum absolute atomic E-state index is 0. The van der Waals surface area contributed by atoms with Crippen LogP contribution in [0.1, 0.15) is 47.3 Å². The number of sulfonamides is 1. The highest BCUT2D eigenvalue weighted by molar-refractivity contribution is 7.89. The van der Waals surface area contributed by atoms with Crippen molar-refractivity contribution < 1.29 is 17.9 Å². The maximum Gasteiger partial charge on any atom is 0.349 e. The highest BCUT2D eigenvalue weighted by atomic mass is 35.5. The highest BCUT2D eigenvalue weighted by Gasteiger charge is 2.32. The van der Waals surface area contributed by atoms with E-state index in [9.17, 15) is 13.2 Å². The second-order valence-corrected chi connectivity index (χ2v) is 8.46. The fourth-order valence-corrected chi connectivity index (χ4v) is 6.16. The second kappa shape index (κ2) is 9.15. The molecule has 1 fully saturated rings. The quantitative estimate of drug-likeness (QED) is 0.719. The van der Waals surface area contributed by atoms with Crippen LogP contribution in [0.3, 0.4) is 0 Å². The summed E-state index contributed by atoms with van der Waals surface area (Å²) in [5.41, 5.74) is 6.35. The predicted octanol–water partition coefficient (Wildman–Crippen LogP) is 2.45. The van der Waals surface area contributed by atoms with Gasteiger partial charge in [0.1, 0.15) is 9.77 Å². The normalized spacial score (nSPS) is 17.1. The van der Waals surface area contributed by atoms with E-state index in [4.69, 9.17) is 5.73 Å². The minimum Gasteiger partial charge on any atom is -0.465 e. The summed E-state index contributed by atoms with van der Waals surface area (Å²) in [6.45, 7) is 1.93. The Morgan fingerprint density at radius 1 is 1.42 bits per heavy atom. The average molecular weight is 397 g/mol. The van der Waals surface area contributed by atoms with Crippen LogP contribution in [0.2, 0.25) is 0 Å². The summed E-state index contributed by atoms with van der Waals surface area (Å²) in [5.74, 6) is -0.380. The van der Waals surface area contributed by atoms with Crippen LogP contribution in [0, 0.1) is 12.8 Å². The SMILES string of the molecule is COC(=O)c1scc(C)c1S(=O)(=O)NC(CN)C1CCCCC1.Cl. The third-order valence-electron chi connectivity index (χ3n) is 4.34. The molecule has 0 saturated heterocycles. The van der Waals surface area contributed by atoms with Gasteiger partial charge in [0.15, 0.2) is 0 Å². The van der Waals surface area contributed by atoms with Crippen molar-refractivity contribution in [2.75, 3.05) is 13.7 Å². The molecule has 1 heterocycles. The van der Waals surface area contributed by atoms with Gasteiger partial charge in [0.25, 0.3) is 0 Å². The molecule has 6 nitrogen and oxygen atoms in total. The lowest BCUT2D eigenvalue weighted by Crippen LogP contribution is -2.46. The van der Waals surface area contributed by atoms with E-state index >= 15 is 0 Å². The smallest absolute Gasteiger partial charge is 0.349 e. The van der Waals surface area contributed by atoms with Gasteiger partial charge in [-0.3, -0.25) is 0 Å². The molecule has 1 aliphatic carbocycles. The molecule has 0 amide bonds. The van der Waals surface area contributed by atoms with Gasteiger partial charge in [-0.1, -0.05) is 19.3 Å². The molecule has 138 valence electrons. The van der Waals surface area contributed by atoms with Gasteiger partial charge in [-0.2, -0.15) is 0 Å². The molecule has 1 saturated carbocycles. The molecule has 0 spiro atoms. The first-order chi connectivity index (χ1) is 10.9. The van der Waals surface area contributed by atoms with Crippen molar-refractivity contribution in [3.8, 4) is 0 Å². The van der Waals surface area contributed by atoms with Gasteiger partial charge in [0.05, 0.1) is 7.11 Å². The zero-order chi connectivity index (χ0) is 17.0. The molecule has 0 aromatic carbocycles. The number of methoxy groups -OCH3 is 1. The van der Waals surface area contributed by atoms with Gasteiger partial charge in [-0.05, 0) is 36.6 Å². The molecule has 1 aromatic heterocycles. The van der Waals surface area contributed by atoms with Gasteiger partial charge >= 0.3 is 5.97 Å². The van der Waals surface area contributed by atoms with Crippen molar-refractivity contribution >= 4 is 39.7 Å². The molecule has 1 atom stereocenters. The summed E-state index contributed by atoms with van der Waals surface area (Å²) in [5, 5.41) is 1.65. The number of thiophene rings is 1. The summed E-state index contributed by atoms with van der Waals surface area (Å²) >= 11 is 1.08. The Bertz CT molecular complexity index is 654. The lowest BCUT2D eigenvalue weighted by atomic mass is 9.84. The van der Waals surface area contributed by atoms with E-state index in [1.807, 2.05) is 0 Å².